The van der Waals surface area contributed by atoms with Crippen LogP contribution in [0.25, 0.3) is 0 Å². The molecule has 0 aromatic carbocycles. The minimum atomic E-state index is -1.84. The van der Waals surface area contributed by atoms with Crippen molar-refractivity contribution < 1.29 is 52.0 Å². The molecule has 1 saturated heterocycles. The number of rotatable bonds is 7. The van der Waals surface area contributed by atoms with Crippen LogP contribution < -0.4 is 0 Å². The molecular formula is C16H23FO10. The van der Waals surface area contributed by atoms with Gasteiger partial charge in [-0.3, -0.25) is 19.2 Å². The molecule has 0 amide bonds. The van der Waals surface area contributed by atoms with Crippen LogP contribution in [-0.4, -0.2) is 74.5 Å². The zero-order chi connectivity index (χ0) is 20.7. The molecule has 0 saturated carbocycles. The van der Waals surface area contributed by atoms with Crippen molar-refractivity contribution in [2.75, 3.05) is 13.7 Å². The van der Waals surface area contributed by atoms with Gasteiger partial charge >= 0.3 is 23.9 Å². The van der Waals surface area contributed by atoms with Crippen LogP contribution in [0.4, 0.5) is 4.39 Å². The predicted octanol–water partition coefficient (Wildman–Crippen LogP) is 0.0540. The molecular weight excluding hydrogens is 371 g/mol. The van der Waals surface area contributed by atoms with E-state index < -0.39 is 67.4 Å². The lowest BCUT2D eigenvalue weighted by Crippen LogP contribution is -2.64. The molecule has 11 heteroatoms. The molecule has 3 unspecified atom stereocenters. The summed E-state index contributed by atoms with van der Waals surface area (Å²) in [5.74, 6) is -3.27. The first-order valence-corrected chi connectivity index (χ1v) is 8.04. The van der Waals surface area contributed by atoms with Crippen LogP contribution in [0.1, 0.15) is 27.7 Å². The van der Waals surface area contributed by atoms with Gasteiger partial charge in [-0.2, -0.15) is 0 Å². The number of methoxy groups -OCH3 is 1. The summed E-state index contributed by atoms with van der Waals surface area (Å²) < 4.78 is 44.9. The van der Waals surface area contributed by atoms with Crippen LogP contribution in [0.15, 0.2) is 0 Å². The van der Waals surface area contributed by atoms with E-state index in [0.29, 0.717) is 0 Å². The minimum absolute atomic E-state index is 0.444. The standard InChI is InChI=1S/C16H23FO10/c1-7(18)23-13-12(11(17)6-22-5)27-16(26-10(4)21)15(25-9(3)20)14(13)24-8(2)19/h11-16H,6H2,1-5H3/t11-,12?,13+,14?,15+,16?/m0/s1. The predicted molar refractivity (Wildman–Crippen MR) is 83.9 cm³/mol. The third-order valence-electron chi connectivity index (χ3n) is 3.40. The largest absolute Gasteiger partial charge is 0.456 e. The van der Waals surface area contributed by atoms with Gasteiger partial charge in [0.1, 0.15) is 6.10 Å². The van der Waals surface area contributed by atoms with Crippen molar-refractivity contribution in [1.29, 1.82) is 0 Å². The Bertz CT molecular complexity index is 565. The highest BCUT2D eigenvalue weighted by atomic mass is 19.1. The van der Waals surface area contributed by atoms with Crippen LogP contribution in [0, 0.1) is 0 Å². The second-order valence-electron chi connectivity index (χ2n) is 5.77. The quantitative estimate of drug-likeness (QED) is 0.432. The van der Waals surface area contributed by atoms with Crippen molar-refractivity contribution in [2.24, 2.45) is 0 Å². The molecule has 27 heavy (non-hydrogen) atoms. The summed E-state index contributed by atoms with van der Waals surface area (Å²) in [5, 5.41) is 0. The number of halogens is 1. The Labute approximate surface area is 155 Å². The third kappa shape index (κ3) is 6.75. The van der Waals surface area contributed by atoms with E-state index in [1.165, 1.54) is 7.11 Å². The lowest BCUT2D eigenvalue weighted by Gasteiger charge is -2.44. The number of esters is 4. The van der Waals surface area contributed by atoms with E-state index in [9.17, 15) is 23.6 Å². The lowest BCUT2D eigenvalue weighted by atomic mass is 9.95. The summed E-state index contributed by atoms with van der Waals surface area (Å²) in [4.78, 5) is 45.9. The van der Waals surface area contributed by atoms with Crippen LogP contribution in [-0.2, 0) is 47.6 Å². The highest BCUT2D eigenvalue weighted by Crippen LogP contribution is 2.32. The van der Waals surface area contributed by atoms with E-state index in [1.807, 2.05) is 0 Å². The van der Waals surface area contributed by atoms with Gasteiger partial charge in [-0.15, -0.1) is 0 Å². The Kier molecular flexibility index (Phi) is 8.57. The first-order chi connectivity index (χ1) is 12.6. The molecule has 1 heterocycles. The lowest BCUT2D eigenvalue weighted by molar-refractivity contribution is -0.305. The minimum Gasteiger partial charge on any atom is -0.456 e. The Morgan fingerprint density at radius 3 is 1.70 bits per heavy atom. The molecule has 0 bridgehead atoms. The SMILES string of the molecule is COC[C@H](F)C1OC(OC(C)=O)[C@H](OC(C)=O)C(OC(C)=O)[C@@H]1OC(C)=O. The average molecular weight is 394 g/mol. The van der Waals surface area contributed by atoms with Gasteiger partial charge in [0, 0.05) is 34.8 Å². The normalized spacial score (nSPS) is 28.6. The van der Waals surface area contributed by atoms with Gasteiger partial charge in [0.05, 0.1) is 6.61 Å². The van der Waals surface area contributed by atoms with E-state index in [1.54, 1.807) is 0 Å². The van der Waals surface area contributed by atoms with Gasteiger partial charge < -0.3 is 28.4 Å². The molecule has 1 aliphatic rings. The highest BCUT2D eigenvalue weighted by molar-refractivity contribution is 5.69. The van der Waals surface area contributed by atoms with Crippen molar-refractivity contribution in [2.45, 2.75) is 64.6 Å². The number of alkyl halides is 1. The van der Waals surface area contributed by atoms with Gasteiger partial charge in [0.25, 0.3) is 0 Å². The second kappa shape index (κ2) is 10.2. The number of carbonyl (C=O) groups is 4. The summed E-state index contributed by atoms with van der Waals surface area (Å²) >= 11 is 0. The first-order valence-electron chi connectivity index (χ1n) is 8.04. The summed E-state index contributed by atoms with van der Waals surface area (Å²) in [5.41, 5.74) is 0. The van der Waals surface area contributed by atoms with Crippen molar-refractivity contribution in [3.05, 3.63) is 0 Å². The molecule has 0 N–H and O–H groups in total. The van der Waals surface area contributed by atoms with Crippen molar-refractivity contribution >= 4 is 23.9 Å². The fourth-order valence-electron chi connectivity index (χ4n) is 2.61. The maximum Gasteiger partial charge on any atom is 0.305 e. The molecule has 1 rings (SSSR count). The Balaban J connectivity index is 3.35. The Hall–Kier alpha value is -2.27. The van der Waals surface area contributed by atoms with E-state index >= 15 is 0 Å². The number of carbonyl (C=O) groups excluding carboxylic acids is 4. The smallest absolute Gasteiger partial charge is 0.305 e. The topological polar surface area (TPSA) is 124 Å². The number of hydrogen-bond acceptors (Lipinski definition) is 10. The van der Waals surface area contributed by atoms with E-state index in [-0.39, 0.29) is 0 Å². The Morgan fingerprint density at radius 1 is 0.815 bits per heavy atom. The molecule has 1 fully saturated rings. The molecule has 154 valence electrons. The average Bonchev–Trinajstić information content (AvgIpc) is 2.51. The van der Waals surface area contributed by atoms with Crippen molar-refractivity contribution in [3.63, 3.8) is 0 Å². The van der Waals surface area contributed by atoms with Gasteiger partial charge in [0.2, 0.25) is 12.4 Å². The molecule has 0 aliphatic carbocycles. The molecule has 0 radical (unpaired) electrons. The van der Waals surface area contributed by atoms with Crippen LogP contribution >= 0.6 is 0 Å². The van der Waals surface area contributed by atoms with Gasteiger partial charge in [-0.1, -0.05) is 0 Å². The number of ether oxygens (including phenoxy) is 6. The molecule has 0 aromatic heterocycles. The fraction of sp³-hybridized carbons (Fsp3) is 0.750. The first kappa shape index (κ1) is 22.8. The number of hydrogen-bond donors (Lipinski definition) is 0. The zero-order valence-electron chi connectivity index (χ0n) is 15.6. The zero-order valence-corrected chi connectivity index (χ0v) is 15.6. The molecule has 0 aromatic rings. The Morgan fingerprint density at radius 2 is 1.26 bits per heavy atom. The summed E-state index contributed by atoms with van der Waals surface area (Å²) in [6.07, 6.45) is -9.39. The summed E-state index contributed by atoms with van der Waals surface area (Å²) in [6.45, 7) is 3.80. The van der Waals surface area contributed by atoms with Gasteiger partial charge in [-0.05, 0) is 0 Å². The van der Waals surface area contributed by atoms with Crippen LogP contribution in [0.3, 0.4) is 0 Å². The molecule has 10 nitrogen and oxygen atoms in total. The third-order valence-corrected chi connectivity index (χ3v) is 3.40. The second-order valence-corrected chi connectivity index (χ2v) is 5.77. The molecule has 0 spiro atoms. The van der Waals surface area contributed by atoms with E-state index in [0.717, 1.165) is 27.7 Å². The maximum absolute atomic E-state index is 14.6. The highest BCUT2D eigenvalue weighted by Gasteiger charge is 2.55. The van der Waals surface area contributed by atoms with E-state index in [4.69, 9.17) is 28.4 Å². The summed E-state index contributed by atoms with van der Waals surface area (Å²) in [6, 6.07) is 0. The monoisotopic (exact) mass is 394 g/mol. The van der Waals surface area contributed by atoms with Crippen molar-refractivity contribution in [3.8, 4) is 0 Å². The molecule has 1 aliphatic heterocycles. The van der Waals surface area contributed by atoms with Crippen molar-refractivity contribution in [1.82, 2.24) is 0 Å². The van der Waals surface area contributed by atoms with Crippen LogP contribution in [0.5, 0.6) is 0 Å². The van der Waals surface area contributed by atoms with Crippen LogP contribution in [0.2, 0.25) is 0 Å². The fourth-order valence-corrected chi connectivity index (χ4v) is 2.61. The summed E-state index contributed by atoms with van der Waals surface area (Å²) in [7, 11) is 1.24. The maximum atomic E-state index is 14.6. The molecule has 6 atom stereocenters. The van der Waals surface area contributed by atoms with Gasteiger partial charge in [0.15, 0.2) is 18.4 Å². The van der Waals surface area contributed by atoms with Gasteiger partial charge in [-0.25, -0.2) is 4.39 Å². The van der Waals surface area contributed by atoms with E-state index in [2.05, 4.69) is 0 Å².